The Balaban J connectivity index is 1.53. The van der Waals surface area contributed by atoms with Gasteiger partial charge in [-0.05, 0) is 66.0 Å². The van der Waals surface area contributed by atoms with Crippen molar-refractivity contribution in [2.45, 2.75) is 58.7 Å². The van der Waals surface area contributed by atoms with Crippen LogP contribution in [0.15, 0.2) is 109 Å². The fourth-order valence-corrected chi connectivity index (χ4v) is 11.5. The Kier molecular flexibility index (Phi) is 11.6. The van der Waals surface area contributed by atoms with Crippen LogP contribution in [0, 0.1) is 11.8 Å². The van der Waals surface area contributed by atoms with Gasteiger partial charge in [0.1, 0.15) is 16.9 Å². The van der Waals surface area contributed by atoms with Crippen LogP contribution in [-0.4, -0.2) is 40.0 Å². The van der Waals surface area contributed by atoms with Crippen molar-refractivity contribution in [3.63, 3.8) is 0 Å². The lowest BCUT2D eigenvalue weighted by Crippen LogP contribution is -2.68. The lowest BCUT2D eigenvalue weighted by molar-refractivity contribution is 0.0636. The van der Waals surface area contributed by atoms with Gasteiger partial charge in [0.2, 0.25) is 10.0 Å². The van der Waals surface area contributed by atoms with Crippen LogP contribution in [0.2, 0.25) is 5.04 Å². The molecule has 1 aromatic heterocycles. The maximum Gasteiger partial charge on any atom is 0.413 e. The van der Waals surface area contributed by atoms with Crippen molar-refractivity contribution in [1.29, 1.82) is 0 Å². The van der Waals surface area contributed by atoms with Crippen LogP contribution < -0.4 is 30.2 Å². The number of nitrogens with zero attached hydrogens (tertiary/aromatic N) is 1. The summed E-state index contributed by atoms with van der Waals surface area (Å²) in [6.45, 7) is 15.9. The highest BCUT2D eigenvalue weighted by Gasteiger charge is 2.52. The average Bonchev–Trinajstić information content (AvgIpc) is 3.50. The van der Waals surface area contributed by atoms with Crippen LogP contribution in [0.25, 0.3) is 10.2 Å². The Morgan fingerprint density at radius 2 is 1.58 bits per heavy atom. The molecule has 52 heavy (non-hydrogen) atoms. The maximum absolute atomic E-state index is 12.7. The van der Waals surface area contributed by atoms with E-state index >= 15 is 0 Å². The molecule has 0 unspecified atom stereocenters. The molecule has 1 amide bonds. The van der Waals surface area contributed by atoms with Gasteiger partial charge in [-0.15, -0.1) is 0 Å². The monoisotopic (exact) mass is 752 g/mol. The summed E-state index contributed by atoms with van der Waals surface area (Å²) >= 11 is 1.32. The van der Waals surface area contributed by atoms with E-state index in [1.807, 2.05) is 93.6 Å². The van der Waals surface area contributed by atoms with Crippen molar-refractivity contribution in [2.24, 2.45) is 0 Å². The number of thiazole rings is 1. The Labute approximate surface area is 311 Å². The molecule has 5 aromatic rings. The molecular formula is C40H44N4O5S2Si. The van der Waals surface area contributed by atoms with Gasteiger partial charge in [0, 0.05) is 23.2 Å². The standard InChI is InChI=1S/C40H44N4O5S2Si/c1-8-51(46,47)42-28-30-17-15-19-31(25-30)41-24-16-18-29-26-34(36-35(27-29)50-37(43-36)44-38(45)48-39(2,3)4)49-52(40(5,6)7,32-20-11-9-12-21-32)33-22-13-10-14-23-33/h8-15,17,19-23,25-27,41-42H,1,24,28H2,2-7H3,(H,43,44,45). The summed E-state index contributed by atoms with van der Waals surface area (Å²) in [4.78, 5) is 17.6. The molecule has 0 saturated heterocycles. The first-order chi connectivity index (χ1) is 24.6. The van der Waals surface area contributed by atoms with E-state index in [0.717, 1.165) is 37.3 Å². The summed E-state index contributed by atoms with van der Waals surface area (Å²) in [5.41, 5.74) is 2.27. The smallest absolute Gasteiger partial charge is 0.413 e. The fraction of sp³-hybridized carbons (Fsp3) is 0.250. The van der Waals surface area contributed by atoms with Gasteiger partial charge in [0.25, 0.3) is 0 Å². The molecule has 0 spiro atoms. The highest BCUT2D eigenvalue weighted by molar-refractivity contribution is 7.92. The van der Waals surface area contributed by atoms with Crippen LogP contribution in [0.5, 0.6) is 5.75 Å². The number of anilines is 2. The quantitative estimate of drug-likeness (QED) is 0.0940. The summed E-state index contributed by atoms with van der Waals surface area (Å²) in [5.74, 6) is 7.08. The van der Waals surface area contributed by atoms with E-state index in [1.165, 1.54) is 11.3 Å². The molecule has 0 radical (unpaired) electrons. The summed E-state index contributed by atoms with van der Waals surface area (Å²) in [7, 11) is -6.58. The Hall–Kier alpha value is -4.93. The van der Waals surface area contributed by atoms with Crippen LogP contribution in [0.3, 0.4) is 0 Å². The van der Waals surface area contributed by atoms with Gasteiger partial charge in [-0.3, -0.25) is 5.32 Å². The Bertz CT molecular complexity index is 2180. The molecule has 0 aliphatic carbocycles. The molecule has 0 aliphatic heterocycles. The van der Waals surface area contributed by atoms with E-state index in [4.69, 9.17) is 14.1 Å². The minimum Gasteiger partial charge on any atom is -0.532 e. The molecule has 0 fully saturated rings. The fourth-order valence-electron chi connectivity index (χ4n) is 5.73. The summed E-state index contributed by atoms with van der Waals surface area (Å²) in [6.07, 6.45) is -0.589. The third kappa shape index (κ3) is 9.48. The van der Waals surface area contributed by atoms with Crippen molar-refractivity contribution >= 4 is 67.2 Å². The second-order valence-electron chi connectivity index (χ2n) is 14.1. The third-order valence-corrected chi connectivity index (χ3v) is 14.8. The van der Waals surface area contributed by atoms with Crippen LogP contribution in [0.1, 0.15) is 52.7 Å². The number of rotatable bonds is 11. The zero-order valence-electron chi connectivity index (χ0n) is 30.2. The number of fused-ring (bicyclic) bond motifs is 1. The Morgan fingerprint density at radius 3 is 2.17 bits per heavy atom. The summed E-state index contributed by atoms with van der Waals surface area (Å²) < 4.78 is 39.8. The van der Waals surface area contributed by atoms with Crippen molar-refractivity contribution in [3.05, 3.63) is 120 Å². The molecule has 0 saturated carbocycles. The van der Waals surface area contributed by atoms with Crippen LogP contribution in [-0.2, 0) is 21.3 Å². The first kappa shape index (κ1) is 38.3. The third-order valence-electron chi connectivity index (χ3n) is 7.99. The number of nitrogens with one attached hydrogen (secondary N) is 3. The molecule has 4 aromatic carbocycles. The number of aromatic nitrogens is 1. The number of hydrogen-bond acceptors (Lipinski definition) is 8. The number of carbonyl (C=O) groups excluding carboxylic acids is 1. The lowest BCUT2D eigenvalue weighted by atomic mass is 10.2. The Morgan fingerprint density at radius 1 is 0.923 bits per heavy atom. The van der Waals surface area contributed by atoms with Gasteiger partial charge in [0.15, 0.2) is 5.13 Å². The van der Waals surface area contributed by atoms with Crippen molar-refractivity contribution in [3.8, 4) is 17.6 Å². The topological polar surface area (TPSA) is 119 Å². The van der Waals surface area contributed by atoms with E-state index in [-0.39, 0.29) is 11.6 Å². The minimum absolute atomic E-state index is 0.142. The molecule has 0 aliphatic rings. The lowest BCUT2D eigenvalue weighted by Gasteiger charge is -2.43. The molecule has 0 atom stereocenters. The van der Waals surface area contributed by atoms with Crippen molar-refractivity contribution < 1.29 is 22.4 Å². The SMILES string of the molecule is C=CS(=O)(=O)NCc1cccc(NCC#Cc2cc(O[Si](c3ccccc3)(c3ccccc3)C(C)(C)C)c3nc(NC(=O)OC(C)(C)C)sc3c2)c1. The van der Waals surface area contributed by atoms with E-state index in [0.29, 0.717) is 22.9 Å². The van der Waals surface area contributed by atoms with Gasteiger partial charge in [-0.1, -0.05) is 123 Å². The number of hydrogen-bond donors (Lipinski definition) is 3. The first-order valence-corrected chi connectivity index (χ1v) is 21.0. The minimum atomic E-state index is -3.53. The number of sulfonamides is 1. The van der Waals surface area contributed by atoms with E-state index in [9.17, 15) is 13.2 Å². The normalized spacial score (nSPS) is 12.0. The van der Waals surface area contributed by atoms with Crippen molar-refractivity contribution in [2.75, 3.05) is 17.2 Å². The maximum atomic E-state index is 12.7. The predicted molar refractivity (Wildman–Crippen MR) is 215 cm³/mol. The largest absolute Gasteiger partial charge is 0.532 e. The summed E-state index contributed by atoms with van der Waals surface area (Å²) in [6, 6.07) is 32.1. The molecule has 9 nitrogen and oxygen atoms in total. The molecular weight excluding hydrogens is 709 g/mol. The molecule has 5 rings (SSSR count). The van der Waals surface area contributed by atoms with Crippen LogP contribution >= 0.6 is 11.3 Å². The molecule has 12 heteroatoms. The zero-order chi connectivity index (χ0) is 37.6. The summed E-state index contributed by atoms with van der Waals surface area (Å²) in [5, 5.41) is 9.30. The number of amides is 1. The van der Waals surface area contributed by atoms with E-state index in [2.05, 4.69) is 78.8 Å². The first-order valence-electron chi connectivity index (χ1n) is 16.8. The second-order valence-corrected chi connectivity index (χ2v) is 21.1. The average molecular weight is 753 g/mol. The molecule has 1 heterocycles. The van der Waals surface area contributed by atoms with Gasteiger partial charge in [0.05, 0.1) is 11.2 Å². The number of benzene rings is 4. The molecule has 3 N–H and O–H groups in total. The van der Waals surface area contributed by atoms with Gasteiger partial charge >= 0.3 is 14.4 Å². The van der Waals surface area contributed by atoms with Crippen molar-refractivity contribution in [1.82, 2.24) is 9.71 Å². The molecule has 0 bridgehead atoms. The van der Waals surface area contributed by atoms with Gasteiger partial charge < -0.3 is 14.5 Å². The number of carbonyl (C=O) groups is 1. The van der Waals surface area contributed by atoms with Gasteiger partial charge in [-0.2, -0.15) is 0 Å². The van der Waals surface area contributed by atoms with E-state index < -0.39 is 30.0 Å². The zero-order valence-corrected chi connectivity index (χ0v) is 32.9. The van der Waals surface area contributed by atoms with Crippen LogP contribution in [0.4, 0.5) is 15.6 Å². The highest BCUT2D eigenvalue weighted by Crippen LogP contribution is 2.41. The van der Waals surface area contributed by atoms with E-state index in [1.54, 1.807) is 0 Å². The second kappa shape index (κ2) is 15.8. The van der Waals surface area contributed by atoms with Gasteiger partial charge in [-0.25, -0.2) is 22.9 Å². The highest BCUT2D eigenvalue weighted by atomic mass is 32.2. The molecule has 270 valence electrons. The number of ether oxygens (including phenoxy) is 1. The predicted octanol–water partition coefficient (Wildman–Crippen LogP) is 7.61.